The highest BCUT2D eigenvalue weighted by Gasteiger charge is 2.13. The van der Waals surface area contributed by atoms with E-state index in [-0.39, 0.29) is 18.6 Å². The van der Waals surface area contributed by atoms with Crippen molar-refractivity contribution < 1.29 is 14.3 Å². The van der Waals surface area contributed by atoms with Crippen molar-refractivity contribution in [1.82, 2.24) is 0 Å². The van der Waals surface area contributed by atoms with Crippen molar-refractivity contribution in [2.75, 3.05) is 6.61 Å². The Labute approximate surface area is 142 Å². The van der Waals surface area contributed by atoms with Crippen LogP contribution in [0.1, 0.15) is 37.5 Å². The molecular formula is C20H21NO3. The molecule has 2 aromatic carbocycles. The first-order chi connectivity index (χ1) is 11.4. The number of nitrogens with zero attached hydrogens (tertiary/aromatic N) is 1. The summed E-state index contributed by atoms with van der Waals surface area (Å²) in [5.41, 5.74) is 2.64. The maximum absolute atomic E-state index is 11.8. The fourth-order valence-corrected chi connectivity index (χ4v) is 2.13. The van der Waals surface area contributed by atoms with Gasteiger partial charge in [0.15, 0.2) is 6.61 Å². The zero-order valence-corrected chi connectivity index (χ0v) is 14.2. The molecule has 0 saturated heterocycles. The number of esters is 1. The van der Waals surface area contributed by atoms with E-state index in [1.807, 2.05) is 30.3 Å². The second-order valence-electron chi connectivity index (χ2n) is 6.50. The minimum absolute atomic E-state index is 0.0944. The van der Waals surface area contributed by atoms with E-state index in [4.69, 9.17) is 14.7 Å². The Bertz CT molecular complexity index is 737. The average Bonchev–Trinajstić information content (AvgIpc) is 2.58. The van der Waals surface area contributed by atoms with Crippen molar-refractivity contribution in [3.05, 3.63) is 65.2 Å². The van der Waals surface area contributed by atoms with Crippen molar-refractivity contribution in [3.8, 4) is 11.8 Å². The maximum Gasteiger partial charge on any atom is 0.344 e. The Balaban J connectivity index is 1.84. The lowest BCUT2D eigenvalue weighted by molar-refractivity contribution is -0.147. The molecule has 0 atom stereocenters. The SMILES string of the molecule is CC(C)(C)c1ccc(COC(=O)COc2ccccc2C#N)cc1. The third-order valence-electron chi connectivity index (χ3n) is 3.57. The van der Waals surface area contributed by atoms with Crippen LogP contribution >= 0.6 is 0 Å². The predicted molar refractivity (Wildman–Crippen MR) is 91.6 cm³/mol. The molecule has 0 amide bonds. The van der Waals surface area contributed by atoms with Crippen LogP contribution in [0.3, 0.4) is 0 Å². The summed E-state index contributed by atoms with van der Waals surface area (Å²) in [7, 11) is 0. The van der Waals surface area contributed by atoms with E-state index in [0.717, 1.165) is 5.56 Å². The molecule has 0 spiro atoms. The monoisotopic (exact) mass is 323 g/mol. The number of hydrogen-bond donors (Lipinski definition) is 0. The molecule has 0 aliphatic rings. The summed E-state index contributed by atoms with van der Waals surface area (Å²) in [4.78, 5) is 11.8. The Morgan fingerprint density at radius 2 is 1.75 bits per heavy atom. The molecule has 0 saturated carbocycles. The molecule has 4 heteroatoms. The lowest BCUT2D eigenvalue weighted by Gasteiger charge is -2.19. The summed E-state index contributed by atoms with van der Waals surface area (Å²) in [6.07, 6.45) is 0. The van der Waals surface area contributed by atoms with Crippen LogP contribution in [0.4, 0.5) is 0 Å². The molecule has 2 rings (SSSR count). The zero-order valence-electron chi connectivity index (χ0n) is 14.2. The molecule has 0 heterocycles. The number of ether oxygens (including phenoxy) is 2. The number of carbonyl (C=O) groups is 1. The summed E-state index contributed by atoms with van der Waals surface area (Å²) in [6.45, 7) is 6.43. The fourth-order valence-electron chi connectivity index (χ4n) is 2.13. The molecule has 24 heavy (non-hydrogen) atoms. The van der Waals surface area contributed by atoms with Gasteiger partial charge in [-0.3, -0.25) is 0 Å². The Morgan fingerprint density at radius 1 is 1.08 bits per heavy atom. The average molecular weight is 323 g/mol. The number of hydrogen-bond acceptors (Lipinski definition) is 4. The van der Waals surface area contributed by atoms with E-state index in [1.54, 1.807) is 24.3 Å². The minimum Gasteiger partial charge on any atom is -0.481 e. The van der Waals surface area contributed by atoms with Gasteiger partial charge in [-0.05, 0) is 28.7 Å². The summed E-state index contributed by atoms with van der Waals surface area (Å²) in [5.74, 6) is -0.0888. The largest absolute Gasteiger partial charge is 0.481 e. The molecular weight excluding hydrogens is 302 g/mol. The second-order valence-corrected chi connectivity index (χ2v) is 6.50. The van der Waals surface area contributed by atoms with Crippen LogP contribution in [-0.4, -0.2) is 12.6 Å². The van der Waals surface area contributed by atoms with Gasteiger partial charge >= 0.3 is 5.97 Å². The van der Waals surface area contributed by atoms with Gasteiger partial charge in [-0.25, -0.2) is 4.79 Å². The summed E-state index contributed by atoms with van der Waals surface area (Å²) in [6, 6.07) is 16.8. The zero-order chi connectivity index (χ0) is 17.6. The minimum atomic E-state index is -0.470. The normalized spacial score (nSPS) is 10.8. The third kappa shape index (κ3) is 4.85. The van der Waals surface area contributed by atoms with Gasteiger partial charge in [-0.15, -0.1) is 0 Å². The number of para-hydroxylation sites is 1. The topological polar surface area (TPSA) is 59.3 Å². The van der Waals surface area contributed by atoms with E-state index in [1.165, 1.54) is 5.56 Å². The van der Waals surface area contributed by atoms with Gasteiger partial charge in [-0.1, -0.05) is 57.2 Å². The smallest absolute Gasteiger partial charge is 0.344 e. The highest BCUT2D eigenvalue weighted by molar-refractivity contribution is 5.71. The van der Waals surface area contributed by atoms with E-state index >= 15 is 0 Å². The quantitative estimate of drug-likeness (QED) is 0.781. The van der Waals surface area contributed by atoms with Crippen LogP contribution in [0, 0.1) is 11.3 Å². The molecule has 0 bridgehead atoms. The van der Waals surface area contributed by atoms with Gasteiger partial charge in [0, 0.05) is 0 Å². The van der Waals surface area contributed by atoms with Crippen molar-refractivity contribution in [1.29, 1.82) is 5.26 Å². The van der Waals surface area contributed by atoms with Crippen LogP contribution in [0.25, 0.3) is 0 Å². The summed E-state index contributed by atoms with van der Waals surface area (Å²) >= 11 is 0. The summed E-state index contributed by atoms with van der Waals surface area (Å²) in [5, 5.41) is 8.97. The first kappa shape index (κ1) is 17.6. The molecule has 0 unspecified atom stereocenters. The van der Waals surface area contributed by atoms with Gasteiger partial charge in [0.2, 0.25) is 0 Å². The lowest BCUT2D eigenvalue weighted by Crippen LogP contribution is -2.15. The number of rotatable bonds is 5. The van der Waals surface area contributed by atoms with Crippen LogP contribution in [-0.2, 0) is 21.6 Å². The van der Waals surface area contributed by atoms with Gasteiger partial charge < -0.3 is 9.47 Å². The molecule has 2 aromatic rings. The van der Waals surface area contributed by atoms with Crippen LogP contribution in [0.15, 0.2) is 48.5 Å². The van der Waals surface area contributed by atoms with Gasteiger partial charge in [-0.2, -0.15) is 5.26 Å². The molecule has 4 nitrogen and oxygen atoms in total. The predicted octanol–water partition coefficient (Wildman–Crippen LogP) is 3.98. The van der Waals surface area contributed by atoms with Crippen molar-refractivity contribution >= 4 is 5.97 Å². The first-order valence-corrected chi connectivity index (χ1v) is 7.77. The third-order valence-corrected chi connectivity index (χ3v) is 3.57. The van der Waals surface area contributed by atoms with Gasteiger partial charge in [0.05, 0.1) is 5.56 Å². The number of nitriles is 1. The van der Waals surface area contributed by atoms with Crippen molar-refractivity contribution in [2.24, 2.45) is 0 Å². The van der Waals surface area contributed by atoms with E-state index < -0.39 is 5.97 Å². The molecule has 0 N–H and O–H groups in total. The van der Waals surface area contributed by atoms with Gasteiger partial charge in [0.1, 0.15) is 18.4 Å². The standard InChI is InChI=1S/C20H21NO3/c1-20(2,3)17-10-8-15(9-11-17)13-24-19(22)14-23-18-7-5-4-6-16(18)12-21/h4-11H,13-14H2,1-3H3. The van der Waals surface area contributed by atoms with E-state index in [9.17, 15) is 4.79 Å². The molecule has 0 fully saturated rings. The van der Waals surface area contributed by atoms with Gasteiger partial charge in [0.25, 0.3) is 0 Å². The van der Waals surface area contributed by atoms with E-state index in [2.05, 4.69) is 20.8 Å². The Morgan fingerprint density at radius 3 is 2.38 bits per heavy atom. The molecule has 0 aromatic heterocycles. The van der Waals surface area contributed by atoms with E-state index in [0.29, 0.717) is 11.3 Å². The fraction of sp³-hybridized carbons (Fsp3) is 0.300. The van der Waals surface area contributed by atoms with Crippen molar-refractivity contribution in [3.63, 3.8) is 0 Å². The molecule has 0 aliphatic heterocycles. The maximum atomic E-state index is 11.8. The van der Waals surface area contributed by atoms with Crippen LogP contribution < -0.4 is 4.74 Å². The molecule has 124 valence electrons. The highest BCUT2D eigenvalue weighted by atomic mass is 16.6. The van der Waals surface area contributed by atoms with Crippen molar-refractivity contribution in [2.45, 2.75) is 32.8 Å². The van der Waals surface area contributed by atoms with Crippen LogP contribution in [0.2, 0.25) is 0 Å². The van der Waals surface area contributed by atoms with Crippen LogP contribution in [0.5, 0.6) is 5.75 Å². The molecule has 0 radical (unpaired) electrons. The summed E-state index contributed by atoms with van der Waals surface area (Å²) < 4.78 is 10.5. The number of carbonyl (C=O) groups excluding carboxylic acids is 1. The molecule has 0 aliphatic carbocycles. The Kier molecular flexibility index (Phi) is 5.59. The lowest BCUT2D eigenvalue weighted by atomic mass is 9.87. The second kappa shape index (κ2) is 7.65. The Hall–Kier alpha value is -2.80. The first-order valence-electron chi connectivity index (χ1n) is 7.77. The number of benzene rings is 2. The highest BCUT2D eigenvalue weighted by Crippen LogP contribution is 2.22.